The molecule has 1 aliphatic carbocycles. The molecule has 0 bridgehead atoms. The Kier molecular flexibility index (Phi) is 5.97. The highest BCUT2D eigenvalue weighted by Gasteiger charge is 2.41. The molecule has 1 amide bonds. The molecule has 10 heteroatoms. The number of ether oxygens (including phenoxy) is 1. The van der Waals surface area contributed by atoms with Gasteiger partial charge in [0.1, 0.15) is 23.3 Å². The number of halogens is 3. The minimum atomic E-state index is -2.24. The third-order valence-electron chi connectivity index (χ3n) is 5.37. The molecular weight excluding hydrogens is 411 g/mol. The van der Waals surface area contributed by atoms with Gasteiger partial charge in [-0.2, -0.15) is 5.10 Å². The number of nitrogens with zero attached hydrogens (tertiary/aromatic N) is 3. The predicted octanol–water partition coefficient (Wildman–Crippen LogP) is 3.26. The van der Waals surface area contributed by atoms with Gasteiger partial charge in [-0.15, -0.1) is 0 Å². The van der Waals surface area contributed by atoms with Crippen LogP contribution in [-0.2, 0) is 6.54 Å². The topological polar surface area (TPSA) is 80.5 Å². The van der Waals surface area contributed by atoms with Gasteiger partial charge in [0.15, 0.2) is 18.0 Å². The van der Waals surface area contributed by atoms with Crippen LogP contribution in [0.4, 0.5) is 19.0 Å². The first-order chi connectivity index (χ1) is 15.0. The molecule has 1 aliphatic rings. The molecule has 31 heavy (non-hydrogen) atoms. The Balaban J connectivity index is 1.49. The number of para-hydroxylation sites is 1. The van der Waals surface area contributed by atoms with Crippen molar-refractivity contribution in [2.75, 3.05) is 12.4 Å². The van der Waals surface area contributed by atoms with Gasteiger partial charge in [0.05, 0.1) is 19.3 Å². The van der Waals surface area contributed by atoms with Crippen molar-refractivity contribution >= 4 is 17.4 Å². The van der Waals surface area contributed by atoms with E-state index in [4.69, 9.17) is 4.74 Å². The summed E-state index contributed by atoms with van der Waals surface area (Å²) in [6.07, 6.45) is -3.37. The van der Waals surface area contributed by atoms with Crippen molar-refractivity contribution < 1.29 is 22.7 Å². The largest absolute Gasteiger partial charge is 0.496 e. The molecule has 0 radical (unpaired) electrons. The lowest BCUT2D eigenvalue weighted by atomic mass is 9.90. The second kappa shape index (κ2) is 8.83. The summed E-state index contributed by atoms with van der Waals surface area (Å²) in [6, 6.07) is 8.13. The number of hydrogen-bond donors (Lipinski definition) is 2. The van der Waals surface area contributed by atoms with E-state index in [1.54, 1.807) is 19.4 Å². The van der Waals surface area contributed by atoms with E-state index in [1.807, 2.05) is 24.3 Å². The van der Waals surface area contributed by atoms with Crippen molar-refractivity contribution in [1.29, 1.82) is 0 Å². The Morgan fingerprint density at radius 2 is 2.00 bits per heavy atom. The van der Waals surface area contributed by atoms with Crippen LogP contribution >= 0.6 is 0 Å². The third kappa shape index (κ3) is 4.28. The zero-order chi connectivity index (χ0) is 22.0. The zero-order valence-corrected chi connectivity index (χ0v) is 16.8. The van der Waals surface area contributed by atoms with Crippen LogP contribution in [0.3, 0.4) is 0 Å². The average Bonchev–Trinajstić information content (AvgIpc) is 3.21. The summed E-state index contributed by atoms with van der Waals surface area (Å²) in [6.45, 7) is 0.441. The van der Waals surface area contributed by atoms with Crippen LogP contribution in [0.2, 0.25) is 0 Å². The first-order valence-electron chi connectivity index (χ1n) is 9.91. The number of aromatic nitrogens is 3. The lowest BCUT2D eigenvalue weighted by Gasteiger charge is -2.31. The lowest BCUT2D eigenvalue weighted by molar-refractivity contribution is 0.0207. The first-order valence-corrected chi connectivity index (χ1v) is 9.91. The predicted molar refractivity (Wildman–Crippen MR) is 108 cm³/mol. The number of anilines is 1. The molecule has 4 rings (SSSR count). The minimum Gasteiger partial charge on any atom is -0.496 e. The van der Waals surface area contributed by atoms with Gasteiger partial charge in [0.25, 0.3) is 5.91 Å². The number of hydrogen-bond acceptors (Lipinski definition) is 5. The van der Waals surface area contributed by atoms with Crippen molar-refractivity contribution in [2.24, 2.45) is 0 Å². The summed E-state index contributed by atoms with van der Waals surface area (Å²) in [5.41, 5.74) is 1.30. The maximum absolute atomic E-state index is 14.1. The summed E-state index contributed by atoms with van der Waals surface area (Å²) in [5.74, 6) is 0.593. The molecule has 3 aromatic rings. The highest BCUT2D eigenvalue weighted by Crippen LogP contribution is 2.27. The van der Waals surface area contributed by atoms with Gasteiger partial charge in [-0.1, -0.05) is 18.2 Å². The van der Waals surface area contributed by atoms with Gasteiger partial charge in [-0.05, 0) is 25.0 Å². The Labute approximate surface area is 176 Å². The number of rotatable bonds is 6. The standard InChI is InChI=1S/C21H22F3N5O2/c1-31-16-5-3-2-4-12(16)10-25-17-8-9-29-20(28-17)13(11-26-29)21(30)27-15-7-6-14(22)18(23)19(15)24/h2-5,8-9,11,14-15,18-19H,6-7,10H2,1H3,(H,25,28)(H,27,30). The van der Waals surface area contributed by atoms with Crippen molar-refractivity contribution in [3.8, 4) is 5.75 Å². The van der Waals surface area contributed by atoms with Crippen LogP contribution < -0.4 is 15.4 Å². The number of fused-ring (bicyclic) bond motifs is 1. The second-order valence-electron chi connectivity index (χ2n) is 7.37. The molecule has 2 aromatic heterocycles. The Bertz CT molecular complexity index is 1080. The lowest BCUT2D eigenvalue weighted by Crippen LogP contribution is -2.51. The summed E-state index contributed by atoms with van der Waals surface area (Å²) < 4.78 is 47.8. The smallest absolute Gasteiger partial charge is 0.257 e. The van der Waals surface area contributed by atoms with Crippen LogP contribution in [-0.4, -0.2) is 52.2 Å². The number of carbonyl (C=O) groups is 1. The van der Waals surface area contributed by atoms with E-state index in [1.165, 1.54) is 10.7 Å². The van der Waals surface area contributed by atoms with E-state index < -0.39 is 30.5 Å². The van der Waals surface area contributed by atoms with Crippen molar-refractivity contribution in [1.82, 2.24) is 19.9 Å². The molecule has 2 heterocycles. The normalized spacial score (nSPS) is 23.5. The molecule has 2 N–H and O–H groups in total. The summed E-state index contributed by atoms with van der Waals surface area (Å²) in [4.78, 5) is 17.1. The Hall–Kier alpha value is -3.30. The quantitative estimate of drug-likeness (QED) is 0.624. The summed E-state index contributed by atoms with van der Waals surface area (Å²) >= 11 is 0. The van der Waals surface area contributed by atoms with E-state index in [2.05, 4.69) is 20.7 Å². The molecule has 1 fully saturated rings. The fourth-order valence-electron chi connectivity index (χ4n) is 3.64. The zero-order valence-electron chi connectivity index (χ0n) is 16.8. The van der Waals surface area contributed by atoms with Gasteiger partial charge in [0, 0.05) is 18.3 Å². The third-order valence-corrected chi connectivity index (χ3v) is 5.37. The molecule has 4 atom stereocenters. The van der Waals surface area contributed by atoms with E-state index in [0.717, 1.165) is 11.3 Å². The van der Waals surface area contributed by atoms with E-state index in [-0.39, 0.29) is 24.1 Å². The van der Waals surface area contributed by atoms with Crippen LogP contribution in [0.5, 0.6) is 5.75 Å². The summed E-state index contributed by atoms with van der Waals surface area (Å²) in [7, 11) is 1.59. The molecule has 164 valence electrons. The van der Waals surface area contributed by atoms with Crippen molar-refractivity contribution in [2.45, 2.75) is 43.9 Å². The van der Waals surface area contributed by atoms with Crippen LogP contribution in [0.15, 0.2) is 42.7 Å². The number of benzene rings is 1. The van der Waals surface area contributed by atoms with Crippen LogP contribution in [0.25, 0.3) is 5.65 Å². The number of amides is 1. The molecule has 1 aromatic carbocycles. The first kappa shape index (κ1) is 21.0. The highest BCUT2D eigenvalue weighted by molar-refractivity contribution is 6.00. The maximum Gasteiger partial charge on any atom is 0.257 e. The monoisotopic (exact) mass is 433 g/mol. The maximum atomic E-state index is 14.1. The average molecular weight is 433 g/mol. The Morgan fingerprint density at radius 3 is 2.81 bits per heavy atom. The number of alkyl halides is 3. The molecule has 0 spiro atoms. The van der Waals surface area contributed by atoms with E-state index in [9.17, 15) is 18.0 Å². The van der Waals surface area contributed by atoms with Gasteiger partial charge in [-0.25, -0.2) is 22.7 Å². The second-order valence-corrected chi connectivity index (χ2v) is 7.37. The van der Waals surface area contributed by atoms with E-state index in [0.29, 0.717) is 12.4 Å². The molecular formula is C21H22F3N5O2. The fraction of sp³-hybridized carbons (Fsp3) is 0.381. The van der Waals surface area contributed by atoms with Gasteiger partial charge >= 0.3 is 0 Å². The molecule has 7 nitrogen and oxygen atoms in total. The van der Waals surface area contributed by atoms with Crippen LogP contribution in [0.1, 0.15) is 28.8 Å². The van der Waals surface area contributed by atoms with Gasteiger partial charge < -0.3 is 15.4 Å². The SMILES string of the molecule is COc1ccccc1CNc1ccn2ncc(C(=O)NC3CCC(F)C(F)C3F)c2n1. The van der Waals surface area contributed by atoms with Crippen molar-refractivity contribution in [3.05, 3.63) is 53.9 Å². The van der Waals surface area contributed by atoms with E-state index >= 15 is 0 Å². The fourth-order valence-corrected chi connectivity index (χ4v) is 3.64. The number of nitrogens with one attached hydrogen (secondary N) is 2. The molecule has 1 saturated carbocycles. The highest BCUT2D eigenvalue weighted by atomic mass is 19.2. The minimum absolute atomic E-state index is 0.0207. The molecule has 0 saturated heterocycles. The number of carbonyl (C=O) groups excluding carboxylic acids is 1. The molecule has 4 unspecified atom stereocenters. The number of methoxy groups -OCH3 is 1. The van der Waals surface area contributed by atoms with Gasteiger partial charge in [0.2, 0.25) is 0 Å². The van der Waals surface area contributed by atoms with Crippen molar-refractivity contribution in [3.63, 3.8) is 0 Å². The van der Waals surface area contributed by atoms with Gasteiger partial charge in [-0.3, -0.25) is 4.79 Å². The van der Waals surface area contributed by atoms with Crippen LogP contribution in [0, 0.1) is 0 Å². The molecule has 0 aliphatic heterocycles. The summed E-state index contributed by atoms with van der Waals surface area (Å²) in [5, 5.41) is 9.71. The Morgan fingerprint density at radius 1 is 1.19 bits per heavy atom.